The number of rotatable bonds is 7. The molecule has 1 aromatic carbocycles. The van der Waals surface area contributed by atoms with Crippen LogP contribution in [-0.4, -0.2) is 55.6 Å². The van der Waals surface area contributed by atoms with E-state index in [2.05, 4.69) is 15.5 Å². The second-order valence-corrected chi connectivity index (χ2v) is 7.09. The number of carbonyl (C=O) groups excluding carboxylic acids is 2. The van der Waals surface area contributed by atoms with Gasteiger partial charge < -0.3 is 19.8 Å². The SMILES string of the molecule is Cc1ccc([C@@H](CN2CCOCC2)NC(=O)[C@@H](C)NC(=O)c2ccoc2)cc1. The molecule has 150 valence electrons. The lowest BCUT2D eigenvalue weighted by atomic mass is 10.0. The largest absolute Gasteiger partial charge is 0.472 e. The Balaban J connectivity index is 1.65. The summed E-state index contributed by atoms with van der Waals surface area (Å²) in [6.45, 7) is 7.48. The number of amides is 2. The third-order valence-corrected chi connectivity index (χ3v) is 4.86. The zero-order valence-electron chi connectivity index (χ0n) is 16.3. The van der Waals surface area contributed by atoms with Crippen molar-refractivity contribution in [3.63, 3.8) is 0 Å². The first-order valence-electron chi connectivity index (χ1n) is 9.53. The summed E-state index contributed by atoms with van der Waals surface area (Å²) in [5.41, 5.74) is 2.60. The van der Waals surface area contributed by atoms with Crippen molar-refractivity contribution in [1.82, 2.24) is 15.5 Å². The minimum absolute atomic E-state index is 0.167. The Hall–Kier alpha value is -2.64. The molecule has 2 aromatic rings. The van der Waals surface area contributed by atoms with Gasteiger partial charge in [-0.3, -0.25) is 14.5 Å². The summed E-state index contributed by atoms with van der Waals surface area (Å²) < 4.78 is 10.3. The van der Waals surface area contributed by atoms with Gasteiger partial charge in [0.15, 0.2) is 0 Å². The molecule has 1 aliphatic heterocycles. The van der Waals surface area contributed by atoms with Crippen LogP contribution >= 0.6 is 0 Å². The molecule has 0 saturated carbocycles. The monoisotopic (exact) mass is 385 g/mol. The fourth-order valence-electron chi connectivity index (χ4n) is 3.11. The van der Waals surface area contributed by atoms with Gasteiger partial charge in [-0.05, 0) is 25.5 Å². The minimum Gasteiger partial charge on any atom is -0.472 e. The van der Waals surface area contributed by atoms with Gasteiger partial charge in [-0.25, -0.2) is 0 Å². The van der Waals surface area contributed by atoms with E-state index in [4.69, 9.17) is 9.15 Å². The Morgan fingerprint density at radius 2 is 1.82 bits per heavy atom. The molecule has 2 heterocycles. The number of hydrogen-bond donors (Lipinski definition) is 2. The summed E-state index contributed by atoms with van der Waals surface area (Å²) >= 11 is 0. The lowest BCUT2D eigenvalue weighted by Crippen LogP contribution is -2.49. The Morgan fingerprint density at radius 3 is 2.46 bits per heavy atom. The minimum atomic E-state index is -0.667. The smallest absolute Gasteiger partial charge is 0.255 e. The van der Waals surface area contributed by atoms with E-state index >= 15 is 0 Å². The second kappa shape index (κ2) is 9.52. The van der Waals surface area contributed by atoms with Crippen LogP contribution in [-0.2, 0) is 9.53 Å². The maximum absolute atomic E-state index is 12.7. The molecule has 0 radical (unpaired) electrons. The molecule has 3 rings (SSSR count). The fraction of sp³-hybridized carbons (Fsp3) is 0.429. The average Bonchev–Trinajstić information content (AvgIpc) is 3.24. The number of morpholine rings is 1. The average molecular weight is 385 g/mol. The molecule has 1 saturated heterocycles. The molecule has 2 atom stereocenters. The first kappa shape index (κ1) is 20.1. The van der Waals surface area contributed by atoms with Crippen molar-refractivity contribution in [1.29, 1.82) is 0 Å². The van der Waals surface area contributed by atoms with Gasteiger partial charge in [0.25, 0.3) is 5.91 Å². The van der Waals surface area contributed by atoms with E-state index < -0.39 is 6.04 Å². The zero-order valence-corrected chi connectivity index (χ0v) is 16.3. The van der Waals surface area contributed by atoms with Gasteiger partial charge >= 0.3 is 0 Å². The predicted molar refractivity (Wildman–Crippen MR) is 105 cm³/mol. The highest BCUT2D eigenvalue weighted by molar-refractivity contribution is 5.97. The van der Waals surface area contributed by atoms with Crippen molar-refractivity contribution in [3.8, 4) is 0 Å². The molecular weight excluding hydrogens is 358 g/mol. The molecule has 7 nitrogen and oxygen atoms in total. The molecule has 1 aromatic heterocycles. The Bertz CT molecular complexity index is 767. The quantitative estimate of drug-likeness (QED) is 0.761. The Labute approximate surface area is 165 Å². The first-order valence-corrected chi connectivity index (χ1v) is 9.53. The highest BCUT2D eigenvalue weighted by Gasteiger charge is 2.24. The van der Waals surface area contributed by atoms with Crippen molar-refractivity contribution in [2.75, 3.05) is 32.8 Å². The summed E-state index contributed by atoms with van der Waals surface area (Å²) in [6.07, 6.45) is 2.78. The zero-order chi connectivity index (χ0) is 19.9. The van der Waals surface area contributed by atoms with Gasteiger partial charge in [-0.15, -0.1) is 0 Å². The standard InChI is InChI=1S/C21H27N3O4/c1-15-3-5-17(6-4-15)19(13-24-8-11-27-12-9-24)23-20(25)16(2)22-21(26)18-7-10-28-14-18/h3-7,10,14,16,19H,8-9,11-13H2,1-2H3,(H,22,26)(H,23,25)/t16-,19-/m1/s1. The number of nitrogens with one attached hydrogen (secondary N) is 2. The number of benzene rings is 1. The molecule has 0 spiro atoms. The summed E-state index contributed by atoms with van der Waals surface area (Å²) in [7, 11) is 0. The van der Waals surface area contributed by atoms with E-state index in [0.717, 1.165) is 18.7 Å². The van der Waals surface area contributed by atoms with Crippen LogP contribution in [0.15, 0.2) is 47.3 Å². The number of hydrogen-bond acceptors (Lipinski definition) is 5. The molecule has 2 amide bonds. The van der Waals surface area contributed by atoms with Crippen molar-refractivity contribution in [3.05, 3.63) is 59.5 Å². The van der Waals surface area contributed by atoms with Gasteiger partial charge in [-0.2, -0.15) is 0 Å². The van der Waals surface area contributed by atoms with E-state index in [9.17, 15) is 9.59 Å². The Morgan fingerprint density at radius 1 is 1.11 bits per heavy atom. The molecule has 0 unspecified atom stereocenters. The van der Waals surface area contributed by atoms with Crippen molar-refractivity contribution >= 4 is 11.8 Å². The van der Waals surface area contributed by atoms with E-state index in [0.29, 0.717) is 25.3 Å². The third kappa shape index (κ3) is 5.43. The second-order valence-electron chi connectivity index (χ2n) is 7.09. The molecule has 1 fully saturated rings. The van der Waals surface area contributed by atoms with Crippen LogP contribution in [0.5, 0.6) is 0 Å². The van der Waals surface area contributed by atoms with Crippen LogP contribution in [0, 0.1) is 6.92 Å². The maximum Gasteiger partial charge on any atom is 0.255 e. The topological polar surface area (TPSA) is 83.8 Å². The number of furan rings is 1. The predicted octanol–water partition coefficient (Wildman–Crippen LogP) is 1.90. The van der Waals surface area contributed by atoms with Gasteiger partial charge in [0, 0.05) is 19.6 Å². The molecule has 7 heteroatoms. The lowest BCUT2D eigenvalue weighted by molar-refractivity contribution is -0.123. The van der Waals surface area contributed by atoms with E-state index in [1.165, 1.54) is 18.1 Å². The van der Waals surface area contributed by atoms with E-state index in [1.54, 1.807) is 13.0 Å². The summed E-state index contributed by atoms with van der Waals surface area (Å²) in [6, 6.07) is 8.88. The van der Waals surface area contributed by atoms with Crippen LogP contribution < -0.4 is 10.6 Å². The normalized spacial score (nSPS) is 16.9. The van der Waals surface area contributed by atoms with Crippen molar-refractivity contribution in [2.24, 2.45) is 0 Å². The van der Waals surface area contributed by atoms with Gasteiger partial charge in [0.1, 0.15) is 12.3 Å². The molecule has 28 heavy (non-hydrogen) atoms. The molecule has 1 aliphatic rings. The summed E-state index contributed by atoms with van der Waals surface area (Å²) in [5.74, 6) is -0.563. The van der Waals surface area contributed by atoms with Crippen LogP contribution in [0.3, 0.4) is 0 Å². The number of ether oxygens (including phenoxy) is 1. The number of nitrogens with zero attached hydrogens (tertiary/aromatic N) is 1. The number of carbonyl (C=O) groups is 2. The Kier molecular flexibility index (Phi) is 6.84. The molecule has 2 N–H and O–H groups in total. The van der Waals surface area contributed by atoms with Crippen LogP contribution in [0.25, 0.3) is 0 Å². The first-order chi connectivity index (χ1) is 13.5. The lowest BCUT2D eigenvalue weighted by Gasteiger charge is -2.31. The van der Waals surface area contributed by atoms with E-state index in [1.807, 2.05) is 31.2 Å². The van der Waals surface area contributed by atoms with E-state index in [-0.39, 0.29) is 17.9 Å². The molecular formula is C21H27N3O4. The van der Waals surface area contributed by atoms with Gasteiger partial charge in [0.05, 0.1) is 31.1 Å². The molecule has 0 bridgehead atoms. The summed E-state index contributed by atoms with van der Waals surface area (Å²) in [4.78, 5) is 27.2. The van der Waals surface area contributed by atoms with Crippen LogP contribution in [0.4, 0.5) is 0 Å². The summed E-state index contributed by atoms with van der Waals surface area (Å²) in [5, 5.41) is 5.80. The molecule has 0 aliphatic carbocycles. The van der Waals surface area contributed by atoms with Gasteiger partial charge in [-0.1, -0.05) is 29.8 Å². The highest BCUT2D eigenvalue weighted by Crippen LogP contribution is 2.17. The maximum atomic E-state index is 12.7. The van der Waals surface area contributed by atoms with Gasteiger partial charge in [0.2, 0.25) is 5.91 Å². The van der Waals surface area contributed by atoms with Crippen LogP contribution in [0.2, 0.25) is 0 Å². The number of aryl methyl sites for hydroxylation is 1. The fourth-order valence-corrected chi connectivity index (χ4v) is 3.11. The van der Waals surface area contributed by atoms with Crippen LogP contribution in [0.1, 0.15) is 34.5 Å². The van der Waals surface area contributed by atoms with Crippen molar-refractivity contribution < 1.29 is 18.7 Å². The highest BCUT2D eigenvalue weighted by atomic mass is 16.5. The van der Waals surface area contributed by atoms with Crippen molar-refractivity contribution in [2.45, 2.75) is 25.9 Å². The third-order valence-electron chi connectivity index (χ3n) is 4.86.